The van der Waals surface area contributed by atoms with Crippen molar-refractivity contribution in [3.8, 4) is 5.69 Å². The van der Waals surface area contributed by atoms with Gasteiger partial charge in [-0.15, -0.1) is 0 Å². The first-order valence-corrected chi connectivity index (χ1v) is 9.20. The number of hydrogen-bond donors (Lipinski definition) is 2. The lowest BCUT2D eigenvalue weighted by Gasteiger charge is -2.05. The van der Waals surface area contributed by atoms with Gasteiger partial charge in [-0.1, -0.05) is 17.7 Å². The molecule has 0 bridgehead atoms. The Balaban J connectivity index is 1.86. The van der Waals surface area contributed by atoms with Crippen molar-refractivity contribution in [2.75, 3.05) is 11.6 Å². The summed E-state index contributed by atoms with van der Waals surface area (Å²) in [4.78, 5) is 25.4. The number of nitrogens with one attached hydrogen (secondary N) is 2. The van der Waals surface area contributed by atoms with Crippen molar-refractivity contribution < 1.29 is 9.00 Å². The molecule has 2 aromatic carbocycles. The summed E-state index contributed by atoms with van der Waals surface area (Å²) in [6.45, 7) is 0. The van der Waals surface area contributed by atoms with Crippen molar-refractivity contribution in [1.29, 1.82) is 0 Å². The second kappa shape index (κ2) is 7.08. The molecule has 0 fully saturated rings. The first kappa shape index (κ1) is 17.2. The molecule has 2 N–H and O–H groups in total. The average Bonchev–Trinajstić information content (AvgIpc) is 2.97. The molecule has 0 aliphatic rings. The quantitative estimate of drug-likeness (QED) is 0.735. The normalized spacial score (nSPS) is 11.9. The van der Waals surface area contributed by atoms with Crippen LogP contribution in [0, 0.1) is 0 Å². The summed E-state index contributed by atoms with van der Waals surface area (Å²) in [5.41, 5.74) is 0.529. The van der Waals surface area contributed by atoms with Gasteiger partial charge in [0, 0.05) is 38.9 Å². The molecule has 0 saturated heterocycles. The predicted molar refractivity (Wildman–Crippen MR) is 98.1 cm³/mol. The van der Waals surface area contributed by atoms with Crippen LogP contribution in [0.25, 0.3) is 5.69 Å². The Labute approximate surface area is 150 Å². The third-order valence-corrected chi connectivity index (χ3v) is 4.69. The van der Waals surface area contributed by atoms with Crippen LogP contribution in [-0.4, -0.2) is 26.2 Å². The first-order valence-electron chi connectivity index (χ1n) is 7.27. The number of rotatable bonds is 4. The molecule has 3 aromatic rings. The van der Waals surface area contributed by atoms with Crippen molar-refractivity contribution in [2.45, 2.75) is 4.90 Å². The molecular formula is C17H14ClN3O3S. The largest absolute Gasteiger partial charge is 0.322 e. The maximum absolute atomic E-state index is 12.5. The number of benzene rings is 2. The smallest absolute Gasteiger partial charge is 0.284 e. The van der Waals surface area contributed by atoms with Gasteiger partial charge in [-0.05, 0) is 42.5 Å². The van der Waals surface area contributed by atoms with Gasteiger partial charge in [0.1, 0.15) is 5.56 Å². The predicted octanol–water partition coefficient (Wildman–Crippen LogP) is 2.81. The lowest BCUT2D eigenvalue weighted by Crippen LogP contribution is -2.23. The van der Waals surface area contributed by atoms with Crippen LogP contribution >= 0.6 is 11.6 Å². The Morgan fingerprint density at radius 3 is 2.60 bits per heavy atom. The van der Waals surface area contributed by atoms with Crippen LogP contribution in [0.5, 0.6) is 0 Å². The van der Waals surface area contributed by atoms with Crippen molar-refractivity contribution in [3.63, 3.8) is 0 Å². The van der Waals surface area contributed by atoms with E-state index in [9.17, 15) is 13.8 Å². The van der Waals surface area contributed by atoms with Crippen LogP contribution in [0.4, 0.5) is 5.69 Å². The number of H-pyrrole nitrogens is 1. The van der Waals surface area contributed by atoms with E-state index in [1.54, 1.807) is 54.8 Å². The SMILES string of the molecule is CS(=O)c1cccc(NC(=O)c2c[nH]n(-c3ccc(Cl)cc3)c2=O)c1. The zero-order valence-corrected chi connectivity index (χ0v) is 14.7. The minimum Gasteiger partial charge on any atom is -0.322 e. The number of carbonyl (C=O) groups excluding carboxylic acids is 1. The number of amides is 1. The van der Waals surface area contributed by atoms with Gasteiger partial charge in [-0.2, -0.15) is 0 Å². The molecule has 0 radical (unpaired) electrons. The third kappa shape index (κ3) is 3.72. The highest BCUT2D eigenvalue weighted by atomic mass is 35.5. The Morgan fingerprint density at radius 1 is 1.20 bits per heavy atom. The molecule has 0 spiro atoms. The van der Waals surface area contributed by atoms with Crippen molar-refractivity contribution in [3.05, 3.63) is 75.7 Å². The van der Waals surface area contributed by atoms with Crippen molar-refractivity contribution >= 4 is 34.0 Å². The maximum atomic E-state index is 12.5. The monoisotopic (exact) mass is 375 g/mol. The molecule has 1 atom stereocenters. The van der Waals surface area contributed by atoms with Gasteiger partial charge < -0.3 is 5.32 Å². The van der Waals surface area contributed by atoms with E-state index in [1.165, 1.54) is 10.9 Å². The molecule has 1 unspecified atom stereocenters. The van der Waals surface area contributed by atoms with E-state index in [0.717, 1.165) is 0 Å². The lowest BCUT2D eigenvalue weighted by atomic mass is 10.2. The molecule has 3 rings (SSSR count). The molecule has 8 heteroatoms. The number of aromatic nitrogens is 2. The summed E-state index contributed by atoms with van der Waals surface area (Å²) in [5.74, 6) is -0.548. The molecule has 1 heterocycles. The zero-order valence-electron chi connectivity index (χ0n) is 13.2. The maximum Gasteiger partial charge on any atom is 0.284 e. The molecule has 128 valence electrons. The molecule has 1 aromatic heterocycles. The number of aromatic amines is 1. The van der Waals surface area contributed by atoms with Crippen molar-refractivity contribution in [1.82, 2.24) is 9.78 Å². The van der Waals surface area contributed by atoms with Crippen LogP contribution in [0.15, 0.2) is 64.4 Å². The molecule has 6 nitrogen and oxygen atoms in total. The Hall–Kier alpha value is -2.64. The Bertz CT molecular complexity index is 1010. The van der Waals surface area contributed by atoms with Crippen LogP contribution < -0.4 is 10.9 Å². The second-order valence-electron chi connectivity index (χ2n) is 5.24. The summed E-state index contributed by atoms with van der Waals surface area (Å²) in [7, 11) is -1.16. The van der Waals surface area contributed by atoms with Gasteiger partial charge in [-0.25, -0.2) is 4.68 Å². The summed E-state index contributed by atoms with van der Waals surface area (Å²) in [6.07, 6.45) is 2.89. The Morgan fingerprint density at radius 2 is 1.92 bits per heavy atom. The first-order chi connectivity index (χ1) is 12.0. The molecule has 0 saturated carbocycles. The second-order valence-corrected chi connectivity index (χ2v) is 7.06. The van der Waals surface area contributed by atoms with Crippen LogP contribution in [-0.2, 0) is 10.8 Å². The van der Waals surface area contributed by atoms with Crippen molar-refractivity contribution in [2.24, 2.45) is 0 Å². The van der Waals surface area contributed by atoms with E-state index in [2.05, 4.69) is 10.4 Å². The lowest BCUT2D eigenvalue weighted by molar-refractivity contribution is 0.102. The van der Waals surface area contributed by atoms with E-state index in [-0.39, 0.29) is 5.56 Å². The van der Waals surface area contributed by atoms with Gasteiger partial charge in [0.05, 0.1) is 5.69 Å². The molecule has 25 heavy (non-hydrogen) atoms. The van der Waals surface area contributed by atoms with Crippen LogP contribution in [0.3, 0.4) is 0 Å². The van der Waals surface area contributed by atoms with Gasteiger partial charge in [0.25, 0.3) is 11.5 Å². The number of carbonyl (C=O) groups is 1. The van der Waals surface area contributed by atoms with Crippen LogP contribution in [0.1, 0.15) is 10.4 Å². The minimum atomic E-state index is -1.16. The van der Waals surface area contributed by atoms with E-state index in [4.69, 9.17) is 11.6 Å². The fraction of sp³-hybridized carbons (Fsp3) is 0.0588. The summed E-state index contributed by atoms with van der Waals surface area (Å²) in [6, 6.07) is 13.3. The highest BCUT2D eigenvalue weighted by molar-refractivity contribution is 7.84. The van der Waals surface area contributed by atoms with Gasteiger partial charge in [-0.3, -0.25) is 18.9 Å². The number of hydrogen-bond acceptors (Lipinski definition) is 3. The summed E-state index contributed by atoms with van der Waals surface area (Å²) < 4.78 is 12.8. The summed E-state index contributed by atoms with van der Waals surface area (Å²) >= 11 is 5.84. The number of nitrogens with zero attached hydrogens (tertiary/aromatic N) is 1. The highest BCUT2D eigenvalue weighted by Gasteiger charge is 2.16. The number of anilines is 1. The standard InChI is InChI=1S/C17H14ClN3O3S/c1-25(24)14-4-2-3-12(9-14)20-16(22)15-10-19-21(17(15)23)13-7-5-11(18)6-8-13/h2-10,19H,1H3,(H,20,22). The molecular weight excluding hydrogens is 362 g/mol. The fourth-order valence-electron chi connectivity index (χ4n) is 2.27. The fourth-order valence-corrected chi connectivity index (χ4v) is 2.95. The zero-order chi connectivity index (χ0) is 18.0. The van der Waals surface area contributed by atoms with E-state index in [0.29, 0.717) is 21.3 Å². The summed E-state index contributed by atoms with van der Waals surface area (Å²) in [5, 5.41) is 5.95. The molecule has 0 aliphatic carbocycles. The van der Waals surface area contributed by atoms with Gasteiger partial charge in [0.2, 0.25) is 0 Å². The average molecular weight is 376 g/mol. The van der Waals surface area contributed by atoms with Gasteiger partial charge >= 0.3 is 0 Å². The van der Waals surface area contributed by atoms with Crippen LogP contribution in [0.2, 0.25) is 5.02 Å². The topological polar surface area (TPSA) is 84.0 Å². The number of halogens is 1. The molecule has 0 aliphatic heterocycles. The molecule has 1 amide bonds. The minimum absolute atomic E-state index is 0.0297. The van der Waals surface area contributed by atoms with E-state index >= 15 is 0 Å². The highest BCUT2D eigenvalue weighted by Crippen LogP contribution is 2.15. The Kier molecular flexibility index (Phi) is 4.87. The van der Waals surface area contributed by atoms with E-state index < -0.39 is 22.3 Å². The third-order valence-electron chi connectivity index (χ3n) is 3.52. The van der Waals surface area contributed by atoms with E-state index in [1.807, 2.05) is 0 Å². The van der Waals surface area contributed by atoms with Gasteiger partial charge in [0.15, 0.2) is 0 Å².